The fourth-order valence-corrected chi connectivity index (χ4v) is 1.62. The largest absolute Gasteiger partial charge is 0.268 e. The van der Waals surface area contributed by atoms with E-state index in [0.29, 0.717) is 0 Å². The summed E-state index contributed by atoms with van der Waals surface area (Å²) in [6.07, 6.45) is 16.4. The van der Waals surface area contributed by atoms with Crippen LogP contribution in [0.3, 0.4) is 0 Å². The van der Waals surface area contributed by atoms with Gasteiger partial charge in [0.25, 0.3) is 0 Å². The third-order valence-electron chi connectivity index (χ3n) is 3.34. The van der Waals surface area contributed by atoms with Gasteiger partial charge in [0.15, 0.2) is 0 Å². The molecule has 0 aliphatic carbocycles. The average Bonchev–Trinajstić information content (AvgIpc) is 2.65. The summed E-state index contributed by atoms with van der Waals surface area (Å²) >= 11 is 0. The summed E-state index contributed by atoms with van der Waals surface area (Å²) in [5.41, 5.74) is 1.38. The zero-order chi connectivity index (χ0) is 15.9. The van der Waals surface area contributed by atoms with Gasteiger partial charge in [-0.1, -0.05) is 85.8 Å². The number of unbranched alkanes of at least 4 members (excludes halogenated alkanes) is 4. The summed E-state index contributed by atoms with van der Waals surface area (Å²) in [4.78, 5) is 4.23. The van der Waals surface area contributed by atoms with Gasteiger partial charge in [-0.2, -0.15) is 0 Å². The highest BCUT2D eigenvalue weighted by Crippen LogP contribution is 2.22. The number of aliphatic imine (C=N–C) groups is 1. The van der Waals surface area contributed by atoms with Crippen LogP contribution in [0.2, 0.25) is 0 Å². The Morgan fingerprint density at radius 2 is 1.55 bits per heavy atom. The smallest absolute Gasteiger partial charge is 0.0293 e. The third-order valence-corrected chi connectivity index (χ3v) is 3.34. The SMILES string of the molecule is CC.CCC1(C)C=CC(C)=CN=C1.CCCCCCC. The zero-order valence-corrected chi connectivity index (χ0v) is 15.0. The molecular formula is C19H37N. The van der Waals surface area contributed by atoms with Crippen LogP contribution in [-0.4, -0.2) is 6.21 Å². The minimum atomic E-state index is 0.161. The maximum absolute atomic E-state index is 4.23. The van der Waals surface area contributed by atoms with Gasteiger partial charge in [0.2, 0.25) is 0 Å². The van der Waals surface area contributed by atoms with Gasteiger partial charge in [0, 0.05) is 17.8 Å². The molecule has 0 radical (unpaired) electrons. The molecule has 0 spiro atoms. The van der Waals surface area contributed by atoms with Crippen molar-refractivity contribution < 1.29 is 0 Å². The standard InChI is InChI=1S/C10H15N.C7H16.C2H6/c1-4-10(3)6-5-9(2)7-11-8-10;1-3-5-7-6-4-2;1-2/h5-8H,4H2,1-3H3;3-7H2,1-2H3;1-2H3. The van der Waals surface area contributed by atoms with Crippen LogP contribution in [0.1, 0.15) is 87.0 Å². The van der Waals surface area contributed by atoms with Crippen molar-refractivity contribution in [1.29, 1.82) is 0 Å². The molecule has 1 unspecified atom stereocenters. The maximum Gasteiger partial charge on any atom is 0.0293 e. The molecular weight excluding hydrogens is 242 g/mol. The Balaban J connectivity index is 0. The molecule has 1 aliphatic rings. The highest BCUT2D eigenvalue weighted by atomic mass is 14.7. The maximum atomic E-state index is 4.23. The summed E-state index contributed by atoms with van der Waals surface area (Å²) in [5.74, 6) is 0. The molecule has 1 heterocycles. The highest BCUT2D eigenvalue weighted by molar-refractivity contribution is 5.69. The Morgan fingerprint density at radius 3 is 2.00 bits per heavy atom. The van der Waals surface area contributed by atoms with E-state index in [9.17, 15) is 0 Å². The minimum absolute atomic E-state index is 0.161. The van der Waals surface area contributed by atoms with Crippen molar-refractivity contribution in [2.24, 2.45) is 10.4 Å². The molecule has 0 N–H and O–H groups in total. The Hall–Kier alpha value is -0.850. The van der Waals surface area contributed by atoms with Gasteiger partial charge in [-0.3, -0.25) is 4.99 Å². The van der Waals surface area contributed by atoms with E-state index < -0.39 is 0 Å². The summed E-state index contributed by atoms with van der Waals surface area (Å²) in [6, 6.07) is 0. The van der Waals surface area contributed by atoms with Crippen molar-refractivity contribution in [3.63, 3.8) is 0 Å². The molecule has 20 heavy (non-hydrogen) atoms. The lowest BCUT2D eigenvalue weighted by molar-refractivity contribution is 0.587. The summed E-state index contributed by atoms with van der Waals surface area (Å²) in [5, 5.41) is 0. The van der Waals surface area contributed by atoms with Gasteiger partial charge >= 0.3 is 0 Å². The molecule has 0 saturated heterocycles. The quantitative estimate of drug-likeness (QED) is 0.483. The first-order valence-corrected chi connectivity index (χ1v) is 8.48. The fourth-order valence-electron chi connectivity index (χ4n) is 1.62. The Morgan fingerprint density at radius 1 is 1.00 bits per heavy atom. The summed E-state index contributed by atoms with van der Waals surface area (Å²) in [6.45, 7) is 14.9. The molecule has 0 saturated carbocycles. The molecule has 1 nitrogen and oxygen atoms in total. The summed E-state index contributed by atoms with van der Waals surface area (Å²) in [7, 11) is 0. The van der Waals surface area contributed by atoms with Gasteiger partial charge < -0.3 is 0 Å². The number of nitrogens with zero attached hydrogens (tertiary/aromatic N) is 1. The molecule has 0 amide bonds. The number of rotatable bonds is 5. The molecule has 0 fully saturated rings. The van der Waals surface area contributed by atoms with Crippen LogP contribution in [0.15, 0.2) is 28.9 Å². The second-order valence-corrected chi connectivity index (χ2v) is 5.40. The normalized spacial score (nSPS) is 20.1. The van der Waals surface area contributed by atoms with Gasteiger partial charge in [-0.05, 0) is 18.9 Å². The first-order chi connectivity index (χ1) is 9.58. The van der Waals surface area contributed by atoms with E-state index in [0.717, 1.165) is 6.42 Å². The molecule has 1 aliphatic heterocycles. The van der Waals surface area contributed by atoms with E-state index in [4.69, 9.17) is 0 Å². The van der Waals surface area contributed by atoms with Crippen LogP contribution in [0.5, 0.6) is 0 Å². The molecule has 1 heteroatoms. The number of hydrogen-bond acceptors (Lipinski definition) is 1. The Labute approximate surface area is 128 Å². The van der Waals surface area contributed by atoms with Crippen molar-refractivity contribution in [2.75, 3.05) is 0 Å². The topological polar surface area (TPSA) is 12.4 Å². The molecule has 0 aromatic rings. The molecule has 0 aromatic heterocycles. The lowest BCUT2D eigenvalue weighted by Crippen LogP contribution is -2.12. The second kappa shape index (κ2) is 14.6. The van der Waals surface area contributed by atoms with E-state index in [1.807, 2.05) is 26.3 Å². The van der Waals surface area contributed by atoms with Crippen LogP contribution in [0, 0.1) is 5.41 Å². The predicted octanol–water partition coefficient (Wildman–Crippen LogP) is 6.95. The van der Waals surface area contributed by atoms with Crippen molar-refractivity contribution in [2.45, 2.75) is 87.0 Å². The van der Waals surface area contributed by atoms with Gasteiger partial charge in [-0.25, -0.2) is 0 Å². The van der Waals surface area contributed by atoms with Gasteiger partial charge in [0.1, 0.15) is 0 Å². The molecule has 1 atom stereocenters. The van der Waals surface area contributed by atoms with E-state index in [1.165, 1.54) is 37.7 Å². The van der Waals surface area contributed by atoms with Crippen LogP contribution in [0.25, 0.3) is 0 Å². The van der Waals surface area contributed by atoms with Gasteiger partial charge in [-0.15, -0.1) is 0 Å². The van der Waals surface area contributed by atoms with E-state index in [1.54, 1.807) is 0 Å². The lowest BCUT2D eigenvalue weighted by Gasteiger charge is -2.16. The van der Waals surface area contributed by atoms with Crippen LogP contribution < -0.4 is 0 Å². The van der Waals surface area contributed by atoms with Crippen molar-refractivity contribution in [1.82, 2.24) is 0 Å². The zero-order valence-electron chi connectivity index (χ0n) is 15.0. The minimum Gasteiger partial charge on any atom is -0.268 e. The van der Waals surface area contributed by atoms with E-state index in [-0.39, 0.29) is 5.41 Å². The van der Waals surface area contributed by atoms with E-state index >= 15 is 0 Å². The molecule has 118 valence electrons. The average molecular weight is 280 g/mol. The lowest BCUT2D eigenvalue weighted by atomic mass is 9.88. The Bertz CT molecular complexity index is 282. The van der Waals surface area contributed by atoms with Gasteiger partial charge in [0.05, 0.1) is 0 Å². The fraction of sp³-hybridized carbons (Fsp3) is 0.737. The number of hydrogen-bond donors (Lipinski definition) is 0. The van der Waals surface area contributed by atoms with Crippen molar-refractivity contribution in [3.05, 3.63) is 23.9 Å². The molecule has 0 bridgehead atoms. The van der Waals surface area contributed by atoms with Crippen LogP contribution >= 0.6 is 0 Å². The summed E-state index contributed by atoms with van der Waals surface area (Å²) < 4.78 is 0. The third kappa shape index (κ3) is 12.2. The van der Waals surface area contributed by atoms with Crippen LogP contribution in [-0.2, 0) is 0 Å². The highest BCUT2D eigenvalue weighted by Gasteiger charge is 2.15. The first kappa shape index (κ1) is 21.4. The van der Waals surface area contributed by atoms with Crippen LogP contribution in [0.4, 0.5) is 0 Å². The molecule has 1 rings (SSSR count). The Kier molecular flexibility index (Phi) is 15.6. The number of allylic oxidation sites excluding steroid dienone is 3. The van der Waals surface area contributed by atoms with E-state index in [2.05, 4.69) is 51.8 Å². The molecule has 0 aromatic carbocycles. The second-order valence-electron chi connectivity index (χ2n) is 5.40. The predicted molar refractivity (Wildman–Crippen MR) is 95.6 cm³/mol. The first-order valence-electron chi connectivity index (χ1n) is 8.48. The van der Waals surface area contributed by atoms with Crippen molar-refractivity contribution >= 4 is 6.21 Å². The van der Waals surface area contributed by atoms with Crippen molar-refractivity contribution in [3.8, 4) is 0 Å². The monoisotopic (exact) mass is 279 g/mol.